The standard InChI is InChI=1S/C27H18Cl2N2O2/c28-21-12-9-18(10-13-21)17-33-26-14-11-19-5-1-2-6-22(19)23(26)15-20(16-30)27(32)31-25-8-4-3-7-24(25)29/h1-15H,17H2,(H,31,32)/b20-15+. The fourth-order valence-electron chi connectivity index (χ4n) is 3.34. The third-order valence-electron chi connectivity index (χ3n) is 5.01. The lowest BCUT2D eigenvalue weighted by Gasteiger charge is -2.13. The summed E-state index contributed by atoms with van der Waals surface area (Å²) in [4.78, 5) is 12.8. The number of hydrogen-bond donors (Lipinski definition) is 1. The summed E-state index contributed by atoms with van der Waals surface area (Å²) in [6, 6.07) is 27.7. The number of nitrogens with one attached hydrogen (secondary N) is 1. The van der Waals surface area contributed by atoms with Crippen LogP contribution >= 0.6 is 23.2 Å². The Morgan fingerprint density at radius 3 is 2.42 bits per heavy atom. The van der Waals surface area contributed by atoms with Crippen LogP contribution in [0.1, 0.15) is 11.1 Å². The summed E-state index contributed by atoms with van der Waals surface area (Å²) >= 11 is 12.1. The summed E-state index contributed by atoms with van der Waals surface area (Å²) in [6.07, 6.45) is 1.55. The number of para-hydroxylation sites is 1. The molecule has 0 bridgehead atoms. The van der Waals surface area contributed by atoms with Crippen molar-refractivity contribution in [2.75, 3.05) is 5.32 Å². The molecule has 1 N–H and O–H groups in total. The number of nitrogens with zero attached hydrogens (tertiary/aromatic N) is 1. The van der Waals surface area contributed by atoms with Crippen molar-refractivity contribution in [3.8, 4) is 11.8 Å². The Morgan fingerprint density at radius 1 is 0.939 bits per heavy atom. The largest absolute Gasteiger partial charge is 0.488 e. The first kappa shape index (κ1) is 22.4. The molecular weight excluding hydrogens is 455 g/mol. The number of carbonyl (C=O) groups excluding carboxylic acids is 1. The molecule has 33 heavy (non-hydrogen) atoms. The average Bonchev–Trinajstić information content (AvgIpc) is 2.84. The minimum atomic E-state index is -0.554. The molecule has 0 aliphatic heterocycles. The van der Waals surface area contributed by atoms with E-state index in [1.165, 1.54) is 0 Å². The van der Waals surface area contributed by atoms with Gasteiger partial charge in [0, 0.05) is 10.6 Å². The fraction of sp³-hybridized carbons (Fsp3) is 0.0370. The minimum Gasteiger partial charge on any atom is -0.488 e. The number of hydrogen-bond acceptors (Lipinski definition) is 3. The van der Waals surface area contributed by atoms with E-state index in [4.69, 9.17) is 27.9 Å². The van der Waals surface area contributed by atoms with Gasteiger partial charge in [-0.05, 0) is 52.7 Å². The first-order valence-electron chi connectivity index (χ1n) is 10.1. The summed E-state index contributed by atoms with van der Waals surface area (Å²) in [5.41, 5.74) is 1.96. The summed E-state index contributed by atoms with van der Waals surface area (Å²) < 4.78 is 6.08. The quantitative estimate of drug-likeness (QED) is 0.237. The molecule has 1 amide bonds. The van der Waals surface area contributed by atoms with Crippen LogP contribution in [0.15, 0.2) is 90.5 Å². The lowest BCUT2D eigenvalue weighted by atomic mass is 10.0. The SMILES string of the molecule is N#C/C(=C\c1c(OCc2ccc(Cl)cc2)ccc2ccccc12)C(=O)Nc1ccccc1Cl. The number of anilines is 1. The highest BCUT2D eigenvalue weighted by molar-refractivity contribution is 6.34. The molecule has 0 atom stereocenters. The van der Waals surface area contributed by atoms with E-state index in [2.05, 4.69) is 5.32 Å². The van der Waals surface area contributed by atoms with Gasteiger partial charge in [-0.25, -0.2) is 0 Å². The number of nitriles is 1. The van der Waals surface area contributed by atoms with Gasteiger partial charge in [-0.15, -0.1) is 0 Å². The monoisotopic (exact) mass is 472 g/mol. The van der Waals surface area contributed by atoms with Crippen LogP contribution in [0.5, 0.6) is 5.75 Å². The molecule has 162 valence electrons. The number of halogens is 2. The number of fused-ring (bicyclic) bond motifs is 1. The third kappa shape index (κ3) is 5.35. The second-order valence-electron chi connectivity index (χ2n) is 7.22. The normalized spacial score (nSPS) is 11.1. The lowest BCUT2D eigenvalue weighted by Crippen LogP contribution is -2.13. The minimum absolute atomic E-state index is 0.0670. The highest BCUT2D eigenvalue weighted by Crippen LogP contribution is 2.31. The first-order valence-corrected chi connectivity index (χ1v) is 10.9. The van der Waals surface area contributed by atoms with Crippen molar-refractivity contribution in [1.29, 1.82) is 5.26 Å². The van der Waals surface area contributed by atoms with E-state index in [1.54, 1.807) is 42.5 Å². The lowest BCUT2D eigenvalue weighted by molar-refractivity contribution is -0.112. The molecule has 0 unspecified atom stereocenters. The zero-order chi connectivity index (χ0) is 23.2. The topological polar surface area (TPSA) is 62.1 Å². The van der Waals surface area contributed by atoms with Crippen LogP contribution in [-0.2, 0) is 11.4 Å². The van der Waals surface area contributed by atoms with Crippen molar-refractivity contribution in [2.45, 2.75) is 6.61 Å². The maximum atomic E-state index is 12.8. The zero-order valence-electron chi connectivity index (χ0n) is 17.4. The van der Waals surface area contributed by atoms with Crippen LogP contribution in [0, 0.1) is 11.3 Å². The van der Waals surface area contributed by atoms with Crippen LogP contribution in [0.25, 0.3) is 16.8 Å². The van der Waals surface area contributed by atoms with Crippen LogP contribution in [0.2, 0.25) is 10.0 Å². The molecule has 0 spiro atoms. The number of carbonyl (C=O) groups is 1. The van der Waals surface area contributed by atoms with Gasteiger partial charge in [0.25, 0.3) is 5.91 Å². The second-order valence-corrected chi connectivity index (χ2v) is 8.06. The summed E-state index contributed by atoms with van der Waals surface area (Å²) in [5, 5.41) is 15.3. The van der Waals surface area contributed by atoms with Gasteiger partial charge in [-0.1, -0.05) is 77.8 Å². The molecule has 0 saturated carbocycles. The fourth-order valence-corrected chi connectivity index (χ4v) is 3.65. The highest BCUT2D eigenvalue weighted by Gasteiger charge is 2.15. The summed E-state index contributed by atoms with van der Waals surface area (Å²) in [7, 11) is 0. The zero-order valence-corrected chi connectivity index (χ0v) is 18.9. The number of rotatable bonds is 6. The molecular formula is C27H18Cl2N2O2. The van der Waals surface area contributed by atoms with E-state index in [0.29, 0.717) is 33.7 Å². The molecule has 0 heterocycles. The molecule has 4 nitrogen and oxygen atoms in total. The Bertz CT molecular complexity index is 1390. The van der Waals surface area contributed by atoms with Gasteiger partial charge < -0.3 is 10.1 Å². The first-order chi connectivity index (χ1) is 16.0. The molecule has 0 aromatic heterocycles. The molecule has 0 radical (unpaired) electrons. The van der Waals surface area contributed by atoms with E-state index < -0.39 is 5.91 Å². The number of ether oxygens (including phenoxy) is 1. The maximum absolute atomic E-state index is 12.8. The van der Waals surface area contributed by atoms with Crippen molar-refractivity contribution in [1.82, 2.24) is 0 Å². The van der Waals surface area contributed by atoms with Gasteiger partial charge in [0.2, 0.25) is 0 Å². The van der Waals surface area contributed by atoms with E-state index >= 15 is 0 Å². The van der Waals surface area contributed by atoms with Crippen LogP contribution in [0.3, 0.4) is 0 Å². The van der Waals surface area contributed by atoms with Crippen molar-refractivity contribution >= 4 is 51.6 Å². The van der Waals surface area contributed by atoms with Crippen LogP contribution < -0.4 is 10.1 Å². The Labute approximate surface area is 201 Å². The predicted molar refractivity (Wildman–Crippen MR) is 133 cm³/mol. The number of benzene rings is 4. The average molecular weight is 473 g/mol. The van der Waals surface area contributed by atoms with Crippen molar-refractivity contribution < 1.29 is 9.53 Å². The summed E-state index contributed by atoms with van der Waals surface area (Å²) in [6.45, 7) is 0.310. The Kier molecular flexibility index (Phi) is 6.95. The molecule has 0 saturated heterocycles. The van der Waals surface area contributed by atoms with Crippen molar-refractivity contribution in [2.24, 2.45) is 0 Å². The second kappa shape index (κ2) is 10.2. The van der Waals surface area contributed by atoms with E-state index in [-0.39, 0.29) is 5.57 Å². The Hall–Kier alpha value is -3.78. The number of amides is 1. The van der Waals surface area contributed by atoms with Crippen LogP contribution in [-0.4, -0.2) is 5.91 Å². The van der Waals surface area contributed by atoms with Gasteiger partial charge in [-0.3, -0.25) is 4.79 Å². The van der Waals surface area contributed by atoms with Gasteiger partial charge in [0.05, 0.1) is 10.7 Å². The predicted octanol–water partition coefficient (Wildman–Crippen LogP) is 7.27. The van der Waals surface area contributed by atoms with Gasteiger partial charge >= 0.3 is 0 Å². The van der Waals surface area contributed by atoms with E-state index in [9.17, 15) is 10.1 Å². The molecule has 6 heteroatoms. The van der Waals surface area contributed by atoms with Gasteiger partial charge in [0.15, 0.2) is 0 Å². The highest BCUT2D eigenvalue weighted by atomic mass is 35.5. The molecule has 0 aliphatic carbocycles. The molecule has 4 rings (SSSR count). The smallest absolute Gasteiger partial charge is 0.266 e. The molecule has 0 aliphatic rings. The molecule has 4 aromatic carbocycles. The van der Waals surface area contributed by atoms with Gasteiger partial charge in [-0.2, -0.15) is 5.26 Å². The third-order valence-corrected chi connectivity index (χ3v) is 5.60. The maximum Gasteiger partial charge on any atom is 0.266 e. The molecule has 4 aromatic rings. The van der Waals surface area contributed by atoms with E-state index in [0.717, 1.165) is 16.3 Å². The van der Waals surface area contributed by atoms with Gasteiger partial charge in [0.1, 0.15) is 24.0 Å². The Morgan fingerprint density at radius 2 is 1.67 bits per heavy atom. The summed E-state index contributed by atoms with van der Waals surface area (Å²) in [5.74, 6) is 0.00382. The van der Waals surface area contributed by atoms with Crippen LogP contribution in [0.4, 0.5) is 5.69 Å². The van der Waals surface area contributed by atoms with Crippen molar-refractivity contribution in [3.63, 3.8) is 0 Å². The Balaban J connectivity index is 1.70. The van der Waals surface area contributed by atoms with Crippen molar-refractivity contribution in [3.05, 3.63) is 112 Å². The molecule has 0 fully saturated rings. The van der Waals surface area contributed by atoms with E-state index in [1.807, 2.05) is 54.6 Å².